The monoisotopic (exact) mass is 359 g/mol. The number of nitrogens with zero attached hydrogens (tertiary/aromatic N) is 3. The number of hydrogen-bond donors (Lipinski definition) is 1. The minimum atomic E-state index is -0.969. The molecule has 1 N–H and O–H groups in total. The van der Waals surface area contributed by atoms with Gasteiger partial charge >= 0.3 is 5.97 Å². The Labute approximate surface area is 145 Å². The highest BCUT2D eigenvalue weighted by Gasteiger charge is 2.20. The van der Waals surface area contributed by atoms with Crippen LogP contribution in [0.2, 0.25) is 4.34 Å². The zero-order chi connectivity index (χ0) is 16.7. The molecule has 0 aliphatic carbocycles. The number of thiophene rings is 1. The van der Waals surface area contributed by atoms with Gasteiger partial charge in [0.25, 0.3) is 0 Å². The van der Waals surface area contributed by atoms with Crippen LogP contribution in [0.4, 0.5) is 0 Å². The van der Waals surface area contributed by atoms with Gasteiger partial charge in [-0.15, -0.1) is 11.3 Å². The van der Waals surface area contributed by atoms with E-state index in [4.69, 9.17) is 21.1 Å². The number of aliphatic carboxylic acids is 1. The van der Waals surface area contributed by atoms with E-state index in [-0.39, 0.29) is 6.42 Å². The maximum absolute atomic E-state index is 11.1. The van der Waals surface area contributed by atoms with Crippen molar-refractivity contribution in [2.24, 2.45) is 0 Å². The Morgan fingerprint density at radius 1 is 1.33 bits per heavy atom. The zero-order valence-electron chi connectivity index (χ0n) is 12.1. The quantitative estimate of drug-likeness (QED) is 0.595. The number of carboxylic acids is 1. The lowest BCUT2D eigenvalue weighted by atomic mass is 10.2. The number of oxazole rings is 1. The molecule has 6 nitrogen and oxygen atoms in total. The van der Waals surface area contributed by atoms with Gasteiger partial charge in [-0.2, -0.15) is 0 Å². The molecule has 4 aromatic heterocycles. The molecule has 0 amide bonds. The Morgan fingerprint density at radius 2 is 2.21 bits per heavy atom. The van der Waals surface area contributed by atoms with Gasteiger partial charge in [0, 0.05) is 18.6 Å². The standard InChI is InChI=1S/C16H10ClN3O3S/c17-12-3-2-11(24-12)15-10(7-14(21)22)19-16(23-15)9-1-4-13-18-5-6-20(13)8-9/h1-6,8H,7H2,(H,21,22). The smallest absolute Gasteiger partial charge is 0.309 e. The van der Waals surface area contributed by atoms with Gasteiger partial charge in [0.2, 0.25) is 5.89 Å². The van der Waals surface area contributed by atoms with Crippen molar-refractivity contribution in [1.82, 2.24) is 14.4 Å². The molecule has 120 valence electrons. The number of fused-ring (bicyclic) bond motifs is 1. The minimum Gasteiger partial charge on any atom is -0.481 e. The second-order valence-corrected chi connectivity index (χ2v) is 6.79. The van der Waals surface area contributed by atoms with E-state index in [1.807, 2.05) is 28.9 Å². The Kier molecular flexibility index (Phi) is 3.59. The molecule has 0 aliphatic heterocycles. The van der Waals surface area contributed by atoms with Crippen LogP contribution >= 0.6 is 22.9 Å². The van der Waals surface area contributed by atoms with E-state index >= 15 is 0 Å². The van der Waals surface area contributed by atoms with Crippen LogP contribution in [0.5, 0.6) is 0 Å². The second-order valence-electron chi connectivity index (χ2n) is 5.08. The molecule has 8 heteroatoms. The van der Waals surface area contributed by atoms with E-state index in [1.165, 1.54) is 11.3 Å². The molecule has 0 saturated carbocycles. The summed E-state index contributed by atoms with van der Waals surface area (Å²) in [4.78, 5) is 20.4. The Morgan fingerprint density at radius 3 is 2.96 bits per heavy atom. The molecule has 0 aliphatic rings. The molecular weight excluding hydrogens is 350 g/mol. The lowest BCUT2D eigenvalue weighted by Crippen LogP contribution is -2.01. The first-order chi connectivity index (χ1) is 11.6. The summed E-state index contributed by atoms with van der Waals surface area (Å²) in [5, 5.41) is 9.12. The highest BCUT2D eigenvalue weighted by Crippen LogP contribution is 2.36. The van der Waals surface area contributed by atoms with Crippen LogP contribution in [-0.4, -0.2) is 25.4 Å². The first-order valence-corrected chi connectivity index (χ1v) is 8.20. The third kappa shape index (κ3) is 2.68. The molecule has 0 bridgehead atoms. The van der Waals surface area contributed by atoms with Gasteiger partial charge in [-0.3, -0.25) is 4.79 Å². The summed E-state index contributed by atoms with van der Waals surface area (Å²) in [6.45, 7) is 0. The summed E-state index contributed by atoms with van der Waals surface area (Å²) in [7, 11) is 0. The van der Waals surface area contributed by atoms with Crippen LogP contribution in [0.15, 0.2) is 47.3 Å². The van der Waals surface area contributed by atoms with E-state index < -0.39 is 5.97 Å². The van der Waals surface area contributed by atoms with Crippen molar-refractivity contribution in [3.8, 4) is 22.1 Å². The third-order valence-electron chi connectivity index (χ3n) is 3.45. The van der Waals surface area contributed by atoms with E-state index in [1.54, 1.807) is 18.3 Å². The van der Waals surface area contributed by atoms with E-state index in [0.717, 1.165) is 16.1 Å². The fourth-order valence-corrected chi connectivity index (χ4v) is 3.46. The Bertz CT molecular complexity index is 1050. The molecule has 4 aromatic rings. The summed E-state index contributed by atoms with van der Waals surface area (Å²) >= 11 is 7.29. The van der Waals surface area contributed by atoms with Crippen molar-refractivity contribution in [2.45, 2.75) is 6.42 Å². The molecule has 4 rings (SSSR count). The van der Waals surface area contributed by atoms with Gasteiger partial charge in [-0.25, -0.2) is 9.97 Å². The van der Waals surface area contributed by atoms with Crippen LogP contribution in [-0.2, 0) is 11.2 Å². The molecule has 0 unspecified atom stereocenters. The predicted molar refractivity (Wildman–Crippen MR) is 90.4 cm³/mol. The summed E-state index contributed by atoms with van der Waals surface area (Å²) < 4.78 is 8.32. The molecule has 0 radical (unpaired) electrons. The van der Waals surface area contributed by atoms with Crippen molar-refractivity contribution in [2.75, 3.05) is 0 Å². The number of imidazole rings is 1. The largest absolute Gasteiger partial charge is 0.481 e. The fourth-order valence-electron chi connectivity index (χ4n) is 2.41. The van der Waals surface area contributed by atoms with Crippen molar-refractivity contribution in [3.05, 3.63) is 52.9 Å². The van der Waals surface area contributed by atoms with E-state index in [9.17, 15) is 4.79 Å². The highest BCUT2D eigenvalue weighted by atomic mass is 35.5. The molecule has 24 heavy (non-hydrogen) atoms. The Balaban J connectivity index is 1.83. The van der Waals surface area contributed by atoms with Crippen molar-refractivity contribution in [3.63, 3.8) is 0 Å². The number of carbonyl (C=O) groups is 1. The van der Waals surface area contributed by atoms with Gasteiger partial charge in [-0.05, 0) is 24.3 Å². The van der Waals surface area contributed by atoms with Gasteiger partial charge in [0.15, 0.2) is 5.76 Å². The van der Waals surface area contributed by atoms with Gasteiger partial charge < -0.3 is 13.9 Å². The average Bonchev–Trinajstić information content (AvgIpc) is 3.24. The van der Waals surface area contributed by atoms with Crippen molar-refractivity contribution >= 4 is 34.6 Å². The van der Waals surface area contributed by atoms with Gasteiger partial charge in [0.1, 0.15) is 5.65 Å². The summed E-state index contributed by atoms with van der Waals surface area (Å²) in [6.07, 6.45) is 5.13. The minimum absolute atomic E-state index is 0.221. The normalized spacial score (nSPS) is 11.2. The number of aromatic nitrogens is 3. The SMILES string of the molecule is O=C(O)Cc1nc(-c2ccc3nccn3c2)oc1-c1ccc(Cl)s1. The maximum atomic E-state index is 11.1. The van der Waals surface area contributed by atoms with Crippen LogP contribution in [0.25, 0.3) is 27.7 Å². The van der Waals surface area contributed by atoms with Crippen LogP contribution in [0.3, 0.4) is 0 Å². The summed E-state index contributed by atoms with van der Waals surface area (Å²) in [5.74, 6) is -0.166. The third-order valence-corrected chi connectivity index (χ3v) is 4.68. The van der Waals surface area contributed by atoms with E-state index in [2.05, 4.69) is 9.97 Å². The first kappa shape index (κ1) is 14.9. The summed E-state index contributed by atoms with van der Waals surface area (Å²) in [5.41, 5.74) is 1.92. The van der Waals surface area contributed by atoms with Gasteiger partial charge in [-0.1, -0.05) is 11.6 Å². The lowest BCUT2D eigenvalue weighted by molar-refractivity contribution is -0.136. The first-order valence-electron chi connectivity index (χ1n) is 7.00. The van der Waals surface area contributed by atoms with Crippen LogP contribution in [0.1, 0.15) is 5.69 Å². The molecule has 0 atom stereocenters. The summed E-state index contributed by atoms with van der Waals surface area (Å²) in [6, 6.07) is 7.22. The number of hydrogen-bond acceptors (Lipinski definition) is 5. The number of pyridine rings is 1. The van der Waals surface area contributed by atoms with Crippen LogP contribution in [0, 0.1) is 0 Å². The lowest BCUT2D eigenvalue weighted by Gasteiger charge is -1.97. The van der Waals surface area contributed by atoms with Crippen molar-refractivity contribution < 1.29 is 14.3 Å². The second kappa shape index (κ2) is 5.77. The molecule has 4 heterocycles. The molecule has 0 aromatic carbocycles. The maximum Gasteiger partial charge on any atom is 0.309 e. The predicted octanol–water partition coefficient (Wildman–Crippen LogP) is 4.00. The number of halogens is 1. The molecule has 0 saturated heterocycles. The molecule has 0 spiro atoms. The number of carboxylic acid groups (broad SMARTS) is 1. The fraction of sp³-hybridized carbons (Fsp3) is 0.0625. The van der Waals surface area contributed by atoms with Crippen LogP contribution < -0.4 is 0 Å². The highest BCUT2D eigenvalue weighted by molar-refractivity contribution is 7.19. The van der Waals surface area contributed by atoms with E-state index in [0.29, 0.717) is 21.7 Å². The van der Waals surface area contributed by atoms with Crippen molar-refractivity contribution in [1.29, 1.82) is 0 Å². The molecule has 0 fully saturated rings. The Hall–Kier alpha value is -2.64. The molecular formula is C16H10ClN3O3S. The number of rotatable bonds is 4. The van der Waals surface area contributed by atoms with Gasteiger partial charge in [0.05, 0.1) is 26.9 Å². The average molecular weight is 360 g/mol. The zero-order valence-corrected chi connectivity index (χ0v) is 13.7. The topological polar surface area (TPSA) is 80.6 Å².